The molecule has 2 heterocycles. The number of hydrogen-bond donors (Lipinski definition) is 1. The molecule has 2 aromatic rings. The molecule has 0 amide bonds. The van der Waals surface area contributed by atoms with Gasteiger partial charge < -0.3 is 9.55 Å². The predicted molar refractivity (Wildman–Crippen MR) is 73.0 cm³/mol. The van der Waals surface area contributed by atoms with Gasteiger partial charge in [-0.3, -0.25) is 4.68 Å². The van der Waals surface area contributed by atoms with Gasteiger partial charge in [0.05, 0.1) is 6.20 Å². The zero-order valence-electron chi connectivity index (χ0n) is 11.1. The van der Waals surface area contributed by atoms with Crippen molar-refractivity contribution in [2.24, 2.45) is 0 Å². The molecule has 0 saturated carbocycles. The molecule has 1 N–H and O–H groups in total. The first-order valence-corrected chi connectivity index (χ1v) is 6.52. The molecular formula is C12H19N5S. The van der Waals surface area contributed by atoms with Gasteiger partial charge in [0.1, 0.15) is 0 Å². The molecule has 6 heteroatoms. The quantitative estimate of drug-likeness (QED) is 0.864. The molecule has 0 unspecified atom stereocenters. The molecule has 0 spiro atoms. The minimum Gasteiger partial charge on any atom is -0.337 e. The molecule has 2 rings (SSSR count). The van der Waals surface area contributed by atoms with Gasteiger partial charge in [0.2, 0.25) is 0 Å². The summed E-state index contributed by atoms with van der Waals surface area (Å²) in [6.07, 6.45) is 6.57. The average Bonchev–Trinajstić information content (AvgIpc) is 2.88. The van der Waals surface area contributed by atoms with Crippen LogP contribution in [0.25, 0.3) is 0 Å². The van der Waals surface area contributed by atoms with Crippen LogP contribution >= 0.6 is 12.2 Å². The third kappa shape index (κ3) is 2.87. The molecule has 0 radical (unpaired) electrons. The first-order valence-electron chi connectivity index (χ1n) is 6.11. The van der Waals surface area contributed by atoms with Crippen LogP contribution in [-0.4, -0.2) is 24.5 Å². The summed E-state index contributed by atoms with van der Waals surface area (Å²) in [6.45, 7) is 8.34. The number of rotatable bonds is 4. The summed E-state index contributed by atoms with van der Waals surface area (Å²) in [7, 11) is 0. The topological polar surface area (TPSA) is 51.4 Å². The van der Waals surface area contributed by atoms with E-state index in [1.807, 2.05) is 17.1 Å². The van der Waals surface area contributed by atoms with E-state index in [0.29, 0.717) is 0 Å². The van der Waals surface area contributed by atoms with E-state index in [1.54, 1.807) is 6.20 Å². The van der Waals surface area contributed by atoms with Crippen molar-refractivity contribution in [3.63, 3.8) is 0 Å². The second-order valence-electron chi connectivity index (χ2n) is 5.40. The van der Waals surface area contributed by atoms with Gasteiger partial charge in [-0.1, -0.05) is 26.0 Å². The van der Waals surface area contributed by atoms with Crippen LogP contribution in [0.3, 0.4) is 0 Å². The second kappa shape index (κ2) is 5.06. The molecular weight excluding hydrogens is 246 g/mol. The largest absolute Gasteiger partial charge is 0.337 e. The van der Waals surface area contributed by atoms with Crippen molar-refractivity contribution in [2.45, 2.75) is 45.7 Å². The first-order chi connectivity index (χ1) is 8.48. The van der Waals surface area contributed by atoms with Gasteiger partial charge in [-0.05, 0) is 18.6 Å². The molecule has 98 valence electrons. The summed E-state index contributed by atoms with van der Waals surface area (Å²) in [5.41, 5.74) is 1.34. The minimum absolute atomic E-state index is 0.0980. The highest BCUT2D eigenvalue weighted by molar-refractivity contribution is 7.71. The number of imidazole rings is 1. The third-order valence-electron chi connectivity index (χ3n) is 2.88. The fourth-order valence-electron chi connectivity index (χ4n) is 1.98. The first kappa shape index (κ1) is 13.0. The van der Waals surface area contributed by atoms with Gasteiger partial charge in [-0.25, -0.2) is 0 Å². The fourth-order valence-corrected chi connectivity index (χ4v) is 2.23. The SMILES string of the molecule is CC(C)(C)c1c[nH]c(=S)n1CCCn1ccnn1. The smallest absolute Gasteiger partial charge is 0.177 e. The Balaban J connectivity index is 2.05. The van der Waals surface area contributed by atoms with Crippen molar-refractivity contribution in [1.82, 2.24) is 24.5 Å². The molecule has 2 aromatic heterocycles. The molecule has 18 heavy (non-hydrogen) atoms. The van der Waals surface area contributed by atoms with E-state index in [2.05, 4.69) is 40.6 Å². The number of nitrogens with zero attached hydrogens (tertiary/aromatic N) is 4. The number of aromatic nitrogens is 5. The van der Waals surface area contributed by atoms with Gasteiger partial charge in [0, 0.05) is 36.6 Å². The number of nitrogens with one attached hydrogen (secondary N) is 1. The Bertz CT molecular complexity index is 544. The number of hydrogen-bond acceptors (Lipinski definition) is 3. The Kier molecular flexibility index (Phi) is 3.65. The van der Waals surface area contributed by atoms with Crippen LogP contribution in [0.15, 0.2) is 18.6 Å². The zero-order chi connectivity index (χ0) is 13.2. The molecule has 0 fully saturated rings. The van der Waals surface area contributed by atoms with Crippen LogP contribution in [0.5, 0.6) is 0 Å². The molecule has 0 aliphatic heterocycles. The summed E-state index contributed by atoms with van der Waals surface area (Å²) in [4.78, 5) is 3.13. The summed E-state index contributed by atoms with van der Waals surface area (Å²) >= 11 is 5.33. The van der Waals surface area contributed by atoms with Crippen molar-refractivity contribution in [3.8, 4) is 0 Å². The average molecular weight is 265 g/mol. The zero-order valence-corrected chi connectivity index (χ0v) is 11.9. The van der Waals surface area contributed by atoms with E-state index in [0.717, 1.165) is 24.3 Å². The van der Waals surface area contributed by atoms with Gasteiger partial charge in [0.15, 0.2) is 4.77 Å². The van der Waals surface area contributed by atoms with Crippen LogP contribution in [0.2, 0.25) is 0 Å². The highest BCUT2D eigenvalue weighted by atomic mass is 32.1. The van der Waals surface area contributed by atoms with Crippen molar-refractivity contribution >= 4 is 12.2 Å². The molecule has 0 atom stereocenters. The molecule has 0 aliphatic carbocycles. The van der Waals surface area contributed by atoms with Crippen LogP contribution < -0.4 is 0 Å². The van der Waals surface area contributed by atoms with Crippen LogP contribution in [0.4, 0.5) is 0 Å². The Labute approximate surface area is 112 Å². The van der Waals surface area contributed by atoms with Gasteiger partial charge >= 0.3 is 0 Å². The highest BCUT2D eigenvalue weighted by Crippen LogP contribution is 2.22. The lowest BCUT2D eigenvalue weighted by atomic mass is 9.92. The van der Waals surface area contributed by atoms with E-state index in [1.165, 1.54) is 5.69 Å². The Hall–Kier alpha value is -1.43. The summed E-state index contributed by atoms with van der Waals surface area (Å²) in [5.74, 6) is 0. The lowest BCUT2D eigenvalue weighted by molar-refractivity contribution is 0.471. The van der Waals surface area contributed by atoms with E-state index in [4.69, 9.17) is 12.2 Å². The Morgan fingerprint density at radius 2 is 2.11 bits per heavy atom. The van der Waals surface area contributed by atoms with Crippen molar-refractivity contribution in [1.29, 1.82) is 0 Å². The molecule has 5 nitrogen and oxygen atoms in total. The van der Waals surface area contributed by atoms with E-state index >= 15 is 0 Å². The summed E-state index contributed by atoms with van der Waals surface area (Å²) in [5, 5.41) is 7.74. The van der Waals surface area contributed by atoms with Crippen LogP contribution in [-0.2, 0) is 18.5 Å². The molecule has 0 aliphatic rings. The number of H-pyrrole nitrogens is 1. The lowest BCUT2D eigenvalue weighted by Crippen LogP contribution is -2.18. The molecule has 0 saturated heterocycles. The molecule has 0 bridgehead atoms. The predicted octanol–water partition coefficient (Wildman–Crippen LogP) is 2.52. The fraction of sp³-hybridized carbons (Fsp3) is 0.583. The Morgan fingerprint density at radius 1 is 1.33 bits per heavy atom. The summed E-state index contributed by atoms with van der Waals surface area (Å²) in [6, 6.07) is 0. The number of aryl methyl sites for hydroxylation is 1. The van der Waals surface area contributed by atoms with Crippen molar-refractivity contribution in [2.75, 3.05) is 0 Å². The maximum Gasteiger partial charge on any atom is 0.177 e. The van der Waals surface area contributed by atoms with Crippen molar-refractivity contribution < 1.29 is 0 Å². The molecule has 0 aromatic carbocycles. The van der Waals surface area contributed by atoms with Crippen molar-refractivity contribution in [3.05, 3.63) is 29.1 Å². The lowest BCUT2D eigenvalue weighted by Gasteiger charge is -2.20. The van der Waals surface area contributed by atoms with Gasteiger partial charge in [-0.2, -0.15) is 0 Å². The minimum atomic E-state index is 0.0980. The number of aromatic amines is 1. The maximum absolute atomic E-state index is 5.33. The maximum atomic E-state index is 5.33. The highest BCUT2D eigenvalue weighted by Gasteiger charge is 2.18. The van der Waals surface area contributed by atoms with E-state index < -0.39 is 0 Å². The monoisotopic (exact) mass is 265 g/mol. The van der Waals surface area contributed by atoms with E-state index in [-0.39, 0.29) is 5.41 Å². The third-order valence-corrected chi connectivity index (χ3v) is 3.22. The van der Waals surface area contributed by atoms with E-state index in [9.17, 15) is 0 Å². The Morgan fingerprint density at radius 3 is 2.72 bits per heavy atom. The van der Waals surface area contributed by atoms with Gasteiger partial charge in [-0.15, -0.1) is 5.10 Å². The second-order valence-corrected chi connectivity index (χ2v) is 5.79. The normalized spacial score (nSPS) is 11.9. The van der Waals surface area contributed by atoms with Crippen LogP contribution in [0.1, 0.15) is 32.9 Å². The summed E-state index contributed by atoms with van der Waals surface area (Å²) < 4.78 is 4.80. The van der Waals surface area contributed by atoms with Crippen LogP contribution in [0, 0.1) is 4.77 Å². The van der Waals surface area contributed by atoms with Gasteiger partial charge in [0.25, 0.3) is 0 Å². The standard InChI is InChI=1S/C12H19N5S/c1-12(2,3)10-9-13-11(18)17(10)7-4-6-16-8-5-14-15-16/h5,8-9H,4,6-7H2,1-3H3,(H,13,18).